The lowest BCUT2D eigenvalue weighted by atomic mass is 9.91. The monoisotopic (exact) mass is 428 g/mol. The van der Waals surface area contributed by atoms with Crippen molar-refractivity contribution in [3.63, 3.8) is 0 Å². The second kappa shape index (κ2) is 8.19. The largest absolute Gasteiger partial charge is 0.474 e. The third-order valence-corrected chi connectivity index (χ3v) is 6.89. The Bertz CT molecular complexity index is 1260. The molecule has 1 N–H and O–H groups in total. The van der Waals surface area contributed by atoms with E-state index in [1.54, 1.807) is 0 Å². The second-order valence-corrected chi connectivity index (χ2v) is 8.96. The zero-order valence-corrected chi connectivity index (χ0v) is 18.3. The van der Waals surface area contributed by atoms with Crippen LogP contribution in [0.2, 0.25) is 0 Å². The van der Waals surface area contributed by atoms with Crippen molar-refractivity contribution in [2.24, 2.45) is 7.05 Å². The SMILES string of the molecule is Cn1c2ccncc2c2ccc(-c3cccnc3OC3CC(OC4CCNCC4)C3)cc21. The maximum Gasteiger partial charge on any atom is 0.221 e. The second-order valence-electron chi connectivity index (χ2n) is 8.96. The first kappa shape index (κ1) is 19.7. The summed E-state index contributed by atoms with van der Waals surface area (Å²) < 4.78 is 14.8. The zero-order chi connectivity index (χ0) is 21.5. The van der Waals surface area contributed by atoms with Crippen LogP contribution in [0.1, 0.15) is 25.7 Å². The first-order valence-corrected chi connectivity index (χ1v) is 11.6. The lowest BCUT2D eigenvalue weighted by Gasteiger charge is -2.38. The van der Waals surface area contributed by atoms with E-state index in [-0.39, 0.29) is 6.10 Å². The van der Waals surface area contributed by atoms with Crippen LogP contribution in [-0.2, 0) is 11.8 Å². The quantitative estimate of drug-likeness (QED) is 0.508. The Morgan fingerprint density at radius 1 is 0.938 bits per heavy atom. The first-order chi connectivity index (χ1) is 15.8. The zero-order valence-electron chi connectivity index (χ0n) is 18.3. The van der Waals surface area contributed by atoms with E-state index in [1.807, 2.05) is 24.7 Å². The minimum atomic E-state index is 0.169. The molecule has 1 saturated heterocycles. The van der Waals surface area contributed by atoms with Gasteiger partial charge in [0, 0.05) is 60.3 Å². The highest BCUT2D eigenvalue weighted by Gasteiger charge is 2.34. The fourth-order valence-corrected chi connectivity index (χ4v) is 5.01. The third-order valence-electron chi connectivity index (χ3n) is 6.89. The molecule has 3 aromatic heterocycles. The third kappa shape index (κ3) is 3.53. The summed E-state index contributed by atoms with van der Waals surface area (Å²) in [6.07, 6.45) is 10.6. The fraction of sp³-hybridized carbons (Fsp3) is 0.385. The van der Waals surface area contributed by atoms with Crippen molar-refractivity contribution >= 4 is 21.8 Å². The van der Waals surface area contributed by atoms with Crippen LogP contribution in [-0.4, -0.2) is 45.9 Å². The summed E-state index contributed by atoms with van der Waals surface area (Å²) in [6.45, 7) is 2.12. The van der Waals surface area contributed by atoms with Crippen molar-refractivity contribution in [2.75, 3.05) is 13.1 Å². The Morgan fingerprint density at radius 3 is 2.69 bits per heavy atom. The normalized spacial score (nSPS) is 21.7. The minimum absolute atomic E-state index is 0.169. The topological polar surface area (TPSA) is 61.2 Å². The van der Waals surface area contributed by atoms with E-state index in [0.717, 1.165) is 49.9 Å². The Hall–Kier alpha value is -2.96. The molecular weight excluding hydrogens is 400 g/mol. The molecule has 0 atom stereocenters. The van der Waals surface area contributed by atoms with Crippen LogP contribution in [0.15, 0.2) is 55.0 Å². The molecule has 0 spiro atoms. The number of rotatable bonds is 5. The molecule has 2 fully saturated rings. The van der Waals surface area contributed by atoms with E-state index in [9.17, 15) is 0 Å². The number of nitrogens with one attached hydrogen (secondary N) is 1. The van der Waals surface area contributed by atoms with Gasteiger partial charge in [0.2, 0.25) is 5.88 Å². The van der Waals surface area contributed by atoms with Crippen molar-refractivity contribution in [3.05, 3.63) is 55.0 Å². The van der Waals surface area contributed by atoms with Crippen molar-refractivity contribution in [1.82, 2.24) is 19.9 Å². The summed E-state index contributed by atoms with van der Waals surface area (Å²) in [7, 11) is 2.10. The Kier molecular flexibility index (Phi) is 5.04. The highest BCUT2D eigenvalue weighted by atomic mass is 16.5. The molecule has 0 amide bonds. The summed E-state index contributed by atoms with van der Waals surface area (Å²) >= 11 is 0. The molecule has 1 saturated carbocycles. The van der Waals surface area contributed by atoms with E-state index < -0.39 is 0 Å². The number of benzene rings is 1. The smallest absolute Gasteiger partial charge is 0.221 e. The Labute approximate surface area is 187 Å². The highest BCUT2D eigenvalue weighted by molar-refractivity contribution is 6.08. The van der Waals surface area contributed by atoms with Gasteiger partial charge in [-0.25, -0.2) is 4.98 Å². The molecule has 1 aliphatic heterocycles. The molecule has 0 unspecified atom stereocenters. The number of hydrogen-bond acceptors (Lipinski definition) is 5. The predicted molar refractivity (Wildman–Crippen MR) is 126 cm³/mol. The maximum atomic E-state index is 6.34. The first-order valence-electron chi connectivity index (χ1n) is 11.6. The summed E-state index contributed by atoms with van der Waals surface area (Å²) in [5.74, 6) is 0.706. The highest BCUT2D eigenvalue weighted by Crippen LogP contribution is 2.36. The lowest BCUT2D eigenvalue weighted by Crippen LogP contribution is -2.43. The molecule has 1 aromatic carbocycles. The maximum absolute atomic E-state index is 6.34. The molecule has 0 bridgehead atoms. The number of pyridine rings is 2. The minimum Gasteiger partial charge on any atom is -0.474 e. The van der Waals surface area contributed by atoms with Crippen LogP contribution >= 0.6 is 0 Å². The van der Waals surface area contributed by atoms with E-state index in [0.29, 0.717) is 18.1 Å². The van der Waals surface area contributed by atoms with Crippen LogP contribution in [0.5, 0.6) is 5.88 Å². The van der Waals surface area contributed by atoms with Gasteiger partial charge in [-0.2, -0.15) is 0 Å². The van der Waals surface area contributed by atoms with Gasteiger partial charge in [0.25, 0.3) is 0 Å². The lowest BCUT2D eigenvalue weighted by molar-refractivity contribution is -0.103. The van der Waals surface area contributed by atoms with E-state index in [2.05, 4.69) is 57.2 Å². The number of aromatic nitrogens is 3. The average molecular weight is 429 g/mol. The number of piperidine rings is 1. The van der Waals surface area contributed by atoms with E-state index in [4.69, 9.17) is 9.47 Å². The summed E-state index contributed by atoms with van der Waals surface area (Å²) in [4.78, 5) is 8.88. The van der Waals surface area contributed by atoms with E-state index >= 15 is 0 Å². The summed E-state index contributed by atoms with van der Waals surface area (Å²) in [5.41, 5.74) is 4.50. The van der Waals surface area contributed by atoms with Gasteiger partial charge in [-0.05, 0) is 55.8 Å². The molecule has 4 heterocycles. The number of fused-ring (bicyclic) bond motifs is 3. The van der Waals surface area contributed by atoms with E-state index in [1.165, 1.54) is 21.8 Å². The van der Waals surface area contributed by atoms with Crippen molar-refractivity contribution < 1.29 is 9.47 Å². The predicted octanol–water partition coefficient (Wildman–Crippen LogP) is 4.47. The van der Waals surface area contributed by atoms with Crippen LogP contribution in [0.25, 0.3) is 32.9 Å². The molecule has 1 aliphatic carbocycles. The summed E-state index contributed by atoms with van der Waals surface area (Å²) in [5, 5.41) is 5.78. The molecule has 32 heavy (non-hydrogen) atoms. The number of hydrogen-bond donors (Lipinski definition) is 1. The molecule has 6 rings (SSSR count). The molecular formula is C26H28N4O2. The van der Waals surface area contributed by atoms with Gasteiger partial charge in [-0.3, -0.25) is 4.98 Å². The molecule has 164 valence electrons. The van der Waals surface area contributed by atoms with Crippen molar-refractivity contribution in [3.8, 4) is 17.0 Å². The summed E-state index contributed by atoms with van der Waals surface area (Å²) in [6, 6.07) is 12.7. The molecule has 4 aromatic rings. The van der Waals surface area contributed by atoms with Crippen molar-refractivity contribution in [1.29, 1.82) is 0 Å². The molecule has 6 heteroatoms. The van der Waals surface area contributed by atoms with Gasteiger partial charge >= 0.3 is 0 Å². The number of aryl methyl sites for hydroxylation is 1. The fourth-order valence-electron chi connectivity index (χ4n) is 5.01. The van der Waals surface area contributed by atoms with Gasteiger partial charge in [0.05, 0.1) is 17.7 Å². The Morgan fingerprint density at radius 2 is 1.81 bits per heavy atom. The van der Waals surface area contributed by atoms with Gasteiger partial charge in [0.1, 0.15) is 6.10 Å². The Balaban J connectivity index is 1.22. The van der Waals surface area contributed by atoms with Gasteiger partial charge < -0.3 is 19.4 Å². The molecule has 2 aliphatic rings. The van der Waals surface area contributed by atoms with Crippen LogP contribution in [0.3, 0.4) is 0 Å². The van der Waals surface area contributed by atoms with Crippen LogP contribution < -0.4 is 10.1 Å². The number of nitrogens with zero attached hydrogens (tertiary/aromatic N) is 3. The van der Waals surface area contributed by atoms with Crippen LogP contribution in [0.4, 0.5) is 0 Å². The average Bonchev–Trinajstić information content (AvgIpc) is 3.10. The van der Waals surface area contributed by atoms with Gasteiger partial charge in [-0.15, -0.1) is 0 Å². The van der Waals surface area contributed by atoms with Gasteiger partial charge in [-0.1, -0.05) is 12.1 Å². The standard InChI is InChI=1S/C26H28N4O2/c1-30-24-8-12-28-16-23(24)22-5-4-17(13-25(22)30)21-3-2-9-29-26(21)32-20-14-19(15-20)31-18-6-10-27-11-7-18/h2-5,8-9,12-13,16,18-20,27H,6-7,10-11,14-15H2,1H3. The number of ether oxygens (including phenoxy) is 2. The van der Waals surface area contributed by atoms with Crippen LogP contribution in [0, 0.1) is 0 Å². The molecule has 6 nitrogen and oxygen atoms in total. The van der Waals surface area contributed by atoms with Crippen molar-refractivity contribution in [2.45, 2.75) is 44.0 Å². The molecule has 0 radical (unpaired) electrons. The van der Waals surface area contributed by atoms with Gasteiger partial charge in [0.15, 0.2) is 0 Å².